The Labute approximate surface area is 97.6 Å². The number of benzene rings is 1. The molecule has 16 heavy (non-hydrogen) atoms. The van der Waals surface area contributed by atoms with Crippen LogP contribution >= 0.6 is 0 Å². The van der Waals surface area contributed by atoms with Gasteiger partial charge in [0.1, 0.15) is 5.75 Å². The van der Waals surface area contributed by atoms with Gasteiger partial charge in [-0.2, -0.15) is 0 Å². The topological polar surface area (TPSA) is 26.3 Å². The summed E-state index contributed by atoms with van der Waals surface area (Å²) in [6, 6.07) is 7.45. The molecule has 0 N–H and O–H groups in total. The standard InChI is InChI=1S/C14H20O2/c1-5-10-16-12-9-7-6-8-11(12)13(15)14(2,3)4/h6-9H,5,10H2,1-4H3. The molecule has 0 bridgehead atoms. The van der Waals surface area contributed by atoms with E-state index in [4.69, 9.17) is 4.74 Å². The van der Waals surface area contributed by atoms with E-state index < -0.39 is 0 Å². The summed E-state index contributed by atoms with van der Waals surface area (Å²) in [6.07, 6.45) is 0.943. The van der Waals surface area contributed by atoms with Crippen LogP contribution in [0.4, 0.5) is 0 Å². The van der Waals surface area contributed by atoms with Gasteiger partial charge in [0.15, 0.2) is 5.78 Å². The van der Waals surface area contributed by atoms with E-state index in [1.807, 2.05) is 52.0 Å². The molecule has 1 aromatic carbocycles. The molecule has 1 rings (SSSR count). The van der Waals surface area contributed by atoms with E-state index in [1.165, 1.54) is 0 Å². The highest BCUT2D eigenvalue weighted by Crippen LogP contribution is 2.27. The maximum absolute atomic E-state index is 12.2. The van der Waals surface area contributed by atoms with E-state index in [9.17, 15) is 4.79 Å². The summed E-state index contributed by atoms with van der Waals surface area (Å²) in [7, 11) is 0. The number of rotatable bonds is 4. The second-order valence-corrected chi connectivity index (χ2v) is 4.92. The minimum atomic E-state index is -0.369. The quantitative estimate of drug-likeness (QED) is 0.723. The van der Waals surface area contributed by atoms with Crippen LogP contribution in [0.5, 0.6) is 5.75 Å². The van der Waals surface area contributed by atoms with Crippen molar-refractivity contribution < 1.29 is 9.53 Å². The van der Waals surface area contributed by atoms with Gasteiger partial charge in [0.25, 0.3) is 0 Å². The zero-order chi connectivity index (χ0) is 12.2. The minimum absolute atomic E-state index is 0.124. The van der Waals surface area contributed by atoms with Crippen LogP contribution in [-0.4, -0.2) is 12.4 Å². The van der Waals surface area contributed by atoms with Crippen LogP contribution in [-0.2, 0) is 0 Å². The summed E-state index contributed by atoms with van der Waals surface area (Å²) in [6.45, 7) is 8.46. The number of carbonyl (C=O) groups is 1. The average Bonchev–Trinajstić information content (AvgIpc) is 2.24. The van der Waals surface area contributed by atoms with Crippen molar-refractivity contribution in [3.05, 3.63) is 29.8 Å². The van der Waals surface area contributed by atoms with Crippen LogP contribution < -0.4 is 4.74 Å². The summed E-state index contributed by atoms with van der Waals surface area (Å²) in [5, 5.41) is 0. The second-order valence-electron chi connectivity index (χ2n) is 4.92. The molecule has 0 radical (unpaired) electrons. The molecule has 0 aliphatic heterocycles. The first-order chi connectivity index (χ1) is 7.46. The number of ketones is 1. The number of carbonyl (C=O) groups excluding carboxylic acids is 1. The summed E-state index contributed by atoms with van der Waals surface area (Å²) in [5.41, 5.74) is 0.314. The van der Waals surface area contributed by atoms with Gasteiger partial charge in [-0.25, -0.2) is 0 Å². The molecular formula is C14H20O2. The largest absolute Gasteiger partial charge is 0.493 e. The molecule has 0 fully saturated rings. The van der Waals surface area contributed by atoms with Crippen LogP contribution in [0.1, 0.15) is 44.5 Å². The van der Waals surface area contributed by atoms with Gasteiger partial charge in [0.05, 0.1) is 12.2 Å². The predicted octanol–water partition coefficient (Wildman–Crippen LogP) is 3.70. The third-order valence-corrected chi connectivity index (χ3v) is 2.27. The first-order valence-electron chi connectivity index (χ1n) is 5.73. The Balaban J connectivity index is 2.99. The van der Waals surface area contributed by atoms with Gasteiger partial charge in [-0.3, -0.25) is 4.79 Å². The molecule has 0 amide bonds. The van der Waals surface area contributed by atoms with Gasteiger partial charge in [0, 0.05) is 5.41 Å². The molecule has 0 aliphatic carbocycles. The molecule has 0 aliphatic rings. The Morgan fingerprint density at radius 3 is 2.44 bits per heavy atom. The number of ether oxygens (including phenoxy) is 1. The van der Waals surface area contributed by atoms with Crippen LogP contribution in [0, 0.1) is 5.41 Å². The fourth-order valence-corrected chi connectivity index (χ4v) is 1.40. The minimum Gasteiger partial charge on any atom is -0.493 e. The fraction of sp³-hybridized carbons (Fsp3) is 0.500. The highest BCUT2D eigenvalue weighted by atomic mass is 16.5. The lowest BCUT2D eigenvalue weighted by atomic mass is 9.86. The highest BCUT2D eigenvalue weighted by Gasteiger charge is 2.25. The van der Waals surface area contributed by atoms with Crippen molar-refractivity contribution in [2.24, 2.45) is 5.41 Å². The molecule has 0 atom stereocenters. The van der Waals surface area contributed by atoms with Crippen molar-refractivity contribution in [1.29, 1.82) is 0 Å². The Morgan fingerprint density at radius 1 is 1.25 bits per heavy atom. The third kappa shape index (κ3) is 3.09. The van der Waals surface area contributed by atoms with E-state index in [2.05, 4.69) is 0 Å². The SMILES string of the molecule is CCCOc1ccccc1C(=O)C(C)(C)C. The van der Waals surface area contributed by atoms with Gasteiger partial charge >= 0.3 is 0 Å². The normalized spacial score (nSPS) is 11.2. The van der Waals surface area contributed by atoms with E-state index in [1.54, 1.807) is 0 Å². The zero-order valence-corrected chi connectivity index (χ0v) is 10.5. The van der Waals surface area contributed by atoms with E-state index in [0.29, 0.717) is 17.9 Å². The molecule has 0 unspecified atom stereocenters. The molecular weight excluding hydrogens is 200 g/mol. The first-order valence-corrected chi connectivity index (χ1v) is 5.73. The van der Waals surface area contributed by atoms with Crippen molar-refractivity contribution in [2.45, 2.75) is 34.1 Å². The molecule has 0 spiro atoms. The molecule has 2 heteroatoms. The van der Waals surface area contributed by atoms with Crippen molar-refractivity contribution in [3.63, 3.8) is 0 Å². The molecule has 0 saturated heterocycles. The molecule has 1 aromatic rings. The lowest BCUT2D eigenvalue weighted by Crippen LogP contribution is -2.21. The van der Waals surface area contributed by atoms with Crippen LogP contribution in [0.25, 0.3) is 0 Å². The number of para-hydroxylation sites is 1. The summed E-state index contributed by atoms with van der Waals surface area (Å²) >= 11 is 0. The molecule has 2 nitrogen and oxygen atoms in total. The zero-order valence-electron chi connectivity index (χ0n) is 10.5. The third-order valence-electron chi connectivity index (χ3n) is 2.27. The monoisotopic (exact) mass is 220 g/mol. The van der Waals surface area contributed by atoms with Gasteiger partial charge in [-0.15, -0.1) is 0 Å². The number of Topliss-reactive ketones (excluding diaryl/α,β-unsaturated/α-hetero) is 1. The van der Waals surface area contributed by atoms with Crippen LogP contribution in [0.2, 0.25) is 0 Å². The van der Waals surface area contributed by atoms with Crippen LogP contribution in [0.3, 0.4) is 0 Å². The van der Waals surface area contributed by atoms with Crippen molar-refractivity contribution >= 4 is 5.78 Å². The van der Waals surface area contributed by atoms with E-state index in [-0.39, 0.29) is 11.2 Å². The van der Waals surface area contributed by atoms with E-state index in [0.717, 1.165) is 6.42 Å². The lowest BCUT2D eigenvalue weighted by molar-refractivity contribution is 0.0854. The van der Waals surface area contributed by atoms with Gasteiger partial charge in [-0.05, 0) is 18.6 Å². The summed E-state index contributed by atoms with van der Waals surface area (Å²) in [4.78, 5) is 12.2. The van der Waals surface area contributed by atoms with Gasteiger partial charge in [0.2, 0.25) is 0 Å². The Hall–Kier alpha value is -1.31. The van der Waals surface area contributed by atoms with Gasteiger partial charge < -0.3 is 4.74 Å². The summed E-state index contributed by atoms with van der Waals surface area (Å²) in [5.74, 6) is 0.823. The van der Waals surface area contributed by atoms with Crippen molar-refractivity contribution in [3.8, 4) is 5.75 Å². The smallest absolute Gasteiger partial charge is 0.171 e. The second kappa shape index (κ2) is 5.15. The number of hydrogen-bond acceptors (Lipinski definition) is 2. The van der Waals surface area contributed by atoms with Gasteiger partial charge in [-0.1, -0.05) is 39.8 Å². The Morgan fingerprint density at radius 2 is 1.88 bits per heavy atom. The highest BCUT2D eigenvalue weighted by molar-refractivity contribution is 6.02. The first kappa shape index (κ1) is 12.8. The number of hydrogen-bond donors (Lipinski definition) is 0. The molecule has 0 aromatic heterocycles. The maximum atomic E-state index is 12.2. The molecule has 0 saturated carbocycles. The van der Waals surface area contributed by atoms with E-state index >= 15 is 0 Å². The molecule has 88 valence electrons. The molecule has 0 heterocycles. The van der Waals surface area contributed by atoms with Crippen molar-refractivity contribution in [1.82, 2.24) is 0 Å². The summed E-state index contributed by atoms with van der Waals surface area (Å²) < 4.78 is 5.58. The Kier molecular flexibility index (Phi) is 4.11. The van der Waals surface area contributed by atoms with Crippen molar-refractivity contribution in [2.75, 3.05) is 6.61 Å². The fourth-order valence-electron chi connectivity index (χ4n) is 1.40. The average molecular weight is 220 g/mol. The lowest BCUT2D eigenvalue weighted by Gasteiger charge is -2.18. The maximum Gasteiger partial charge on any atom is 0.171 e. The Bertz CT molecular complexity index is 361. The predicted molar refractivity (Wildman–Crippen MR) is 66.0 cm³/mol. The van der Waals surface area contributed by atoms with Crippen LogP contribution in [0.15, 0.2) is 24.3 Å².